The topological polar surface area (TPSA) is 299 Å². The molecule has 2 unspecified atom stereocenters. The second-order valence-corrected chi connectivity index (χ2v) is 10.3. The largest absolute Gasteiger partial charge is 1.00 e. The van der Waals surface area contributed by atoms with E-state index in [2.05, 4.69) is 0 Å². The standard InChI is InChI=1S/2C6H14N2O.2CHF3O3S.2CH4O.2Ag/c2*7-4-1-5(8)3-6(9)2-4;2*2-1(3,4)8(5,6)7;2*1-2;;/h2*4-6,9H,1-3,7-8H2;2*(H,5,6,7);2*2H,1H3;;/q;;;;;;2*+1/p-2/t2*4-,5+,6?;;;;;;. The third-order valence-corrected chi connectivity index (χ3v) is 5.21. The second-order valence-electron chi connectivity index (χ2n) is 7.56. The molecule has 0 aliphatic heterocycles. The number of nitrogens with two attached hydrogens (primary N) is 4. The Morgan fingerprint density at radius 2 is 0.675 bits per heavy atom. The minimum Gasteiger partial charge on any atom is -0.741 e. The van der Waals surface area contributed by atoms with Gasteiger partial charge in [0, 0.05) is 38.4 Å². The Balaban J connectivity index is -0.0000000910. The van der Waals surface area contributed by atoms with E-state index in [0.717, 1.165) is 27.1 Å². The third-order valence-electron chi connectivity index (χ3n) is 4.08. The average molecular weight is 838 g/mol. The van der Waals surface area contributed by atoms with Crippen LogP contribution in [0.5, 0.6) is 0 Å². The molecule has 0 bridgehead atoms. The van der Waals surface area contributed by atoms with Crippen molar-refractivity contribution in [1.29, 1.82) is 0 Å². The number of alkyl halides is 6. The van der Waals surface area contributed by atoms with Gasteiger partial charge in [0.2, 0.25) is 0 Å². The van der Waals surface area contributed by atoms with Gasteiger partial charge in [-0.3, -0.25) is 0 Å². The minimum absolute atomic E-state index is 0. The molecule has 24 heteroatoms. The van der Waals surface area contributed by atoms with Gasteiger partial charge in [-0.2, -0.15) is 26.3 Å². The molecule has 40 heavy (non-hydrogen) atoms. The van der Waals surface area contributed by atoms with Crippen molar-refractivity contribution in [3.63, 3.8) is 0 Å². The van der Waals surface area contributed by atoms with Crippen LogP contribution in [0.4, 0.5) is 26.3 Å². The molecule has 12 N–H and O–H groups in total. The molecule has 2 aliphatic carbocycles. The Morgan fingerprint density at radius 1 is 0.550 bits per heavy atom. The van der Waals surface area contributed by atoms with Gasteiger partial charge in [-0.25, -0.2) is 16.8 Å². The molecule has 0 heterocycles. The summed E-state index contributed by atoms with van der Waals surface area (Å²) < 4.78 is 118. The molecule has 0 amide bonds. The van der Waals surface area contributed by atoms with Crippen molar-refractivity contribution in [3.8, 4) is 0 Å². The average Bonchev–Trinajstić information content (AvgIpc) is 2.67. The number of halogens is 6. The van der Waals surface area contributed by atoms with Crippen molar-refractivity contribution in [2.45, 2.75) is 85.9 Å². The van der Waals surface area contributed by atoms with Gasteiger partial charge in [0.05, 0.1) is 12.2 Å². The van der Waals surface area contributed by atoms with Crippen molar-refractivity contribution in [1.82, 2.24) is 0 Å². The van der Waals surface area contributed by atoms with Gasteiger partial charge in [-0.05, 0) is 38.5 Å². The molecule has 0 radical (unpaired) electrons. The van der Waals surface area contributed by atoms with Gasteiger partial charge in [0.15, 0.2) is 20.2 Å². The zero-order valence-corrected chi connectivity index (χ0v) is 25.5. The maximum Gasteiger partial charge on any atom is 1.00 e. The fourth-order valence-electron chi connectivity index (χ4n) is 2.75. The zero-order chi connectivity index (χ0) is 31.7. The quantitative estimate of drug-likeness (QED) is 0.0551. The van der Waals surface area contributed by atoms with Gasteiger partial charge >= 0.3 is 55.8 Å². The van der Waals surface area contributed by atoms with E-state index in [0.29, 0.717) is 25.7 Å². The predicted octanol–water partition coefficient (Wildman–Crippen LogP) is -2.31. The van der Waals surface area contributed by atoms with Crippen LogP contribution < -0.4 is 22.9 Å². The van der Waals surface area contributed by atoms with Crippen molar-refractivity contribution in [2.75, 3.05) is 14.2 Å². The fraction of sp³-hybridized carbons (Fsp3) is 1.00. The van der Waals surface area contributed by atoms with Gasteiger partial charge in [-0.15, -0.1) is 0 Å². The first-order chi connectivity index (χ1) is 16.9. The van der Waals surface area contributed by atoms with E-state index in [1.54, 1.807) is 0 Å². The molecule has 0 spiro atoms. The van der Waals surface area contributed by atoms with Crippen LogP contribution in [0.25, 0.3) is 0 Å². The molecule has 0 saturated heterocycles. The normalized spacial score (nSPS) is 26.1. The van der Waals surface area contributed by atoms with E-state index in [-0.39, 0.29) is 81.1 Å². The molecule has 0 aromatic heterocycles. The number of aliphatic hydroxyl groups excluding tert-OH is 4. The summed E-state index contributed by atoms with van der Waals surface area (Å²) in [7, 11) is -10.2. The molecule has 2 rings (SSSR count). The summed E-state index contributed by atoms with van der Waals surface area (Å²) in [5.74, 6) is 0. The molecule has 6 atom stereocenters. The van der Waals surface area contributed by atoms with Crippen molar-refractivity contribution in [2.24, 2.45) is 22.9 Å². The predicted molar refractivity (Wildman–Crippen MR) is 119 cm³/mol. The monoisotopic (exact) mass is 836 g/mol. The van der Waals surface area contributed by atoms with E-state index in [1.165, 1.54) is 0 Å². The van der Waals surface area contributed by atoms with Gasteiger partial charge in [0.1, 0.15) is 0 Å². The van der Waals surface area contributed by atoms with Crippen molar-refractivity contribution in [3.05, 3.63) is 0 Å². The Bertz CT molecular complexity index is 699. The smallest absolute Gasteiger partial charge is 0.741 e. The summed E-state index contributed by atoms with van der Waals surface area (Å²) in [6.07, 6.45) is 4.06. The molecule has 2 fully saturated rings. The summed E-state index contributed by atoms with van der Waals surface area (Å²) in [4.78, 5) is 0. The molecule has 2 aliphatic rings. The maximum absolute atomic E-state index is 10.7. The zero-order valence-electron chi connectivity index (χ0n) is 20.9. The van der Waals surface area contributed by atoms with E-state index < -0.39 is 31.3 Å². The van der Waals surface area contributed by atoms with E-state index in [4.69, 9.17) is 69.3 Å². The minimum atomic E-state index is -6.09. The fourth-order valence-corrected chi connectivity index (χ4v) is 2.75. The third kappa shape index (κ3) is 30.0. The molecule has 0 aromatic carbocycles. The van der Waals surface area contributed by atoms with E-state index in [1.807, 2.05) is 0 Å². The Morgan fingerprint density at radius 3 is 0.750 bits per heavy atom. The number of hydrogen-bond donors (Lipinski definition) is 8. The molecule has 2 saturated carbocycles. The molecule has 14 nitrogen and oxygen atoms in total. The van der Waals surface area contributed by atoms with Crippen LogP contribution in [0, 0.1) is 0 Å². The summed E-state index contributed by atoms with van der Waals surface area (Å²) in [5, 5.41) is 32.2. The van der Waals surface area contributed by atoms with E-state index in [9.17, 15) is 26.3 Å². The van der Waals surface area contributed by atoms with E-state index >= 15 is 0 Å². The van der Waals surface area contributed by atoms with Crippen LogP contribution in [0.2, 0.25) is 0 Å². The first kappa shape index (κ1) is 53.1. The Kier molecular flexibility index (Phi) is 33.1. The van der Waals surface area contributed by atoms with Crippen LogP contribution in [-0.2, 0) is 65.0 Å². The van der Waals surface area contributed by atoms with Crippen LogP contribution in [0.3, 0.4) is 0 Å². The first-order valence-corrected chi connectivity index (χ1v) is 13.0. The van der Waals surface area contributed by atoms with Crippen molar-refractivity contribution < 1.29 is 117 Å². The van der Waals surface area contributed by atoms with Crippen LogP contribution in [-0.4, -0.2) is 108 Å². The van der Waals surface area contributed by atoms with Gasteiger partial charge < -0.3 is 52.5 Å². The van der Waals surface area contributed by atoms with Crippen LogP contribution in [0.1, 0.15) is 38.5 Å². The summed E-state index contributed by atoms with van der Waals surface area (Å²) >= 11 is 0. The number of rotatable bonds is 0. The number of aliphatic hydroxyl groups is 4. The molecule has 256 valence electrons. The Hall–Kier alpha value is 0.561. The van der Waals surface area contributed by atoms with Gasteiger partial charge in [0.25, 0.3) is 0 Å². The summed E-state index contributed by atoms with van der Waals surface area (Å²) in [6.45, 7) is 0. The SMILES string of the molecule is CO.CO.N[C@@H]1CC(O)C[C@H](N)C1.N[C@@H]1CC(O)C[C@H](N)C1.O=S(=O)([O-])C(F)(F)F.O=S(=O)([O-])C(F)(F)F.[Ag+].[Ag+]. The first-order valence-electron chi connectivity index (χ1n) is 10.2. The van der Waals surface area contributed by atoms with Crippen LogP contribution in [0.15, 0.2) is 0 Å². The molecule has 0 aromatic rings. The second kappa shape index (κ2) is 24.9. The van der Waals surface area contributed by atoms with Gasteiger partial charge in [-0.1, -0.05) is 0 Å². The summed E-state index contributed by atoms with van der Waals surface area (Å²) in [5.41, 5.74) is 11.0. The number of hydrogen-bond acceptors (Lipinski definition) is 14. The summed E-state index contributed by atoms with van der Waals surface area (Å²) in [6, 6.07) is 0.458. The van der Waals surface area contributed by atoms with Crippen LogP contribution >= 0.6 is 0 Å². The molecular formula is C16H36Ag2F6N4O10S2. The maximum atomic E-state index is 10.7. The Labute approximate surface area is 259 Å². The molecular weight excluding hydrogens is 802 g/mol. The van der Waals surface area contributed by atoms with Crippen molar-refractivity contribution >= 4 is 20.2 Å².